The fourth-order valence-corrected chi connectivity index (χ4v) is 4.19. The second kappa shape index (κ2) is 13.0. The van der Waals surface area contributed by atoms with Gasteiger partial charge in [-0.25, -0.2) is 15.5 Å². The molecule has 4 N–H and O–H groups in total. The van der Waals surface area contributed by atoms with Gasteiger partial charge < -0.3 is 10.2 Å². The average Bonchev–Trinajstić information content (AvgIpc) is 2.86. The molecule has 0 aliphatic carbocycles. The second-order valence-corrected chi connectivity index (χ2v) is 8.88. The zero-order valence-corrected chi connectivity index (χ0v) is 19.8. The number of hydrazine groups is 1. The number of amides is 3. The molecule has 3 heterocycles. The first-order valence-electron chi connectivity index (χ1n) is 12.2. The molecule has 1 aromatic rings. The van der Waals surface area contributed by atoms with E-state index in [1.54, 1.807) is 11.1 Å². The molecule has 0 fully saturated rings. The number of carbonyl (C=O) groups is 3. The Morgan fingerprint density at radius 1 is 1.41 bits per heavy atom. The van der Waals surface area contributed by atoms with Gasteiger partial charge in [-0.1, -0.05) is 32.3 Å². The highest BCUT2D eigenvalue weighted by atomic mass is 16.5. The summed E-state index contributed by atoms with van der Waals surface area (Å²) in [5, 5.41) is 13.3. The Bertz CT molecular complexity index is 877. The minimum Gasteiger partial charge on any atom is -0.370 e. The molecule has 0 radical (unpaired) electrons. The topological polar surface area (TPSA) is 127 Å². The van der Waals surface area contributed by atoms with Gasteiger partial charge in [-0.05, 0) is 37.0 Å². The number of rotatable bonds is 13. The number of aryl methyl sites for hydroxylation is 1. The molecule has 2 aliphatic rings. The van der Waals surface area contributed by atoms with Gasteiger partial charge in [0.2, 0.25) is 18.2 Å². The number of nitrogens with one attached hydrogen (secondary N) is 3. The number of aromatic nitrogens is 1. The number of hydrogen-bond acceptors (Lipinski definition) is 7. The van der Waals surface area contributed by atoms with Crippen molar-refractivity contribution in [2.24, 2.45) is 5.92 Å². The summed E-state index contributed by atoms with van der Waals surface area (Å²) in [7, 11) is 0. The number of carbonyl (C=O) groups excluding carboxylic acids is 3. The zero-order chi connectivity index (χ0) is 24.3. The standard InChI is InChI=1S/C24H36N6O4/c1-2-3-4-6-19(16-30(34)17-31)24(33)28-27-21-11-14-29(22(32)15-21)13-10-20-9-8-18-7-5-12-25-23(18)26-20/h8-9,11,14,17,19,21,27,34H,2-7,10,12-13,15-16H2,1H3,(H,25,26)(H,28,33)/t19?,21-/m0/s1. The van der Waals surface area contributed by atoms with Crippen molar-refractivity contribution in [3.05, 3.63) is 35.7 Å². The van der Waals surface area contributed by atoms with Crippen LogP contribution in [0.25, 0.3) is 0 Å². The summed E-state index contributed by atoms with van der Waals surface area (Å²) in [4.78, 5) is 42.3. The summed E-state index contributed by atoms with van der Waals surface area (Å²) in [6, 6.07) is 3.81. The molecule has 3 amide bonds. The van der Waals surface area contributed by atoms with Crippen LogP contribution >= 0.6 is 0 Å². The third kappa shape index (κ3) is 7.53. The van der Waals surface area contributed by atoms with Crippen LogP contribution in [0.3, 0.4) is 0 Å². The van der Waals surface area contributed by atoms with Crippen molar-refractivity contribution in [2.75, 3.05) is 25.0 Å². The van der Waals surface area contributed by atoms with Crippen LogP contribution in [0.1, 0.15) is 56.7 Å². The fraction of sp³-hybridized carbons (Fsp3) is 0.583. The molecule has 1 unspecified atom stereocenters. The van der Waals surface area contributed by atoms with Crippen LogP contribution in [-0.4, -0.2) is 64.1 Å². The van der Waals surface area contributed by atoms with Crippen LogP contribution in [0.15, 0.2) is 24.4 Å². The van der Waals surface area contributed by atoms with E-state index in [9.17, 15) is 19.6 Å². The maximum atomic E-state index is 12.6. The van der Waals surface area contributed by atoms with E-state index in [0.29, 0.717) is 30.9 Å². The van der Waals surface area contributed by atoms with E-state index in [1.165, 1.54) is 5.56 Å². The van der Waals surface area contributed by atoms with Crippen molar-refractivity contribution in [3.8, 4) is 0 Å². The van der Waals surface area contributed by atoms with Crippen molar-refractivity contribution >= 4 is 24.0 Å². The fourth-order valence-electron chi connectivity index (χ4n) is 4.19. The summed E-state index contributed by atoms with van der Waals surface area (Å²) < 4.78 is 0. The minimum absolute atomic E-state index is 0.0349. The monoisotopic (exact) mass is 472 g/mol. The Kier molecular flexibility index (Phi) is 9.84. The first-order chi connectivity index (χ1) is 16.5. The van der Waals surface area contributed by atoms with Gasteiger partial charge in [0, 0.05) is 37.8 Å². The van der Waals surface area contributed by atoms with E-state index in [2.05, 4.69) is 34.1 Å². The van der Waals surface area contributed by atoms with Gasteiger partial charge in [0.05, 0.1) is 18.5 Å². The van der Waals surface area contributed by atoms with Crippen molar-refractivity contribution in [2.45, 2.75) is 64.3 Å². The molecule has 0 aromatic carbocycles. The van der Waals surface area contributed by atoms with E-state index < -0.39 is 5.92 Å². The van der Waals surface area contributed by atoms with Crippen molar-refractivity contribution in [1.29, 1.82) is 0 Å². The van der Waals surface area contributed by atoms with Crippen LogP contribution in [0.2, 0.25) is 0 Å². The smallest absolute Gasteiger partial charge is 0.239 e. The van der Waals surface area contributed by atoms with Gasteiger partial charge in [0.15, 0.2) is 0 Å². The van der Waals surface area contributed by atoms with Crippen LogP contribution < -0.4 is 16.2 Å². The highest BCUT2D eigenvalue weighted by molar-refractivity contribution is 5.80. The lowest BCUT2D eigenvalue weighted by atomic mass is 10.0. The molecular formula is C24H36N6O4. The summed E-state index contributed by atoms with van der Waals surface area (Å²) >= 11 is 0. The van der Waals surface area contributed by atoms with Crippen LogP contribution in [0.5, 0.6) is 0 Å². The molecule has 2 aliphatic heterocycles. The van der Waals surface area contributed by atoms with E-state index in [-0.39, 0.29) is 30.8 Å². The Balaban J connectivity index is 1.46. The SMILES string of the molecule is CCCCCC(CN(O)C=O)C(=O)NN[C@H]1C=CN(CCc2ccc3c(n2)NCCC3)C(=O)C1. The van der Waals surface area contributed by atoms with E-state index in [1.807, 2.05) is 12.1 Å². The Morgan fingerprint density at radius 2 is 2.26 bits per heavy atom. The van der Waals surface area contributed by atoms with Crippen molar-refractivity contribution < 1.29 is 19.6 Å². The van der Waals surface area contributed by atoms with Gasteiger partial charge in [-0.2, -0.15) is 0 Å². The molecule has 0 saturated carbocycles. The zero-order valence-electron chi connectivity index (χ0n) is 19.8. The molecule has 0 bridgehead atoms. The number of nitrogens with zero attached hydrogens (tertiary/aromatic N) is 3. The third-order valence-electron chi connectivity index (χ3n) is 6.21. The van der Waals surface area contributed by atoms with Crippen molar-refractivity contribution in [3.63, 3.8) is 0 Å². The van der Waals surface area contributed by atoms with E-state index in [4.69, 9.17) is 0 Å². The highest BCUT2D eigenvalue weighted by Crippen LogP contribution is 2.20. The van der Waals surface area contributed by atoms with Gasteiger partial charge in [0.25, 0.3) is 0 Å². The van der Waals surface area contributed by atoms with Gasteiger partial charge in [-0.3, -0.25) is 25.0 Å². The van der Waals surface area contributed by atoms with Crippen LogP contribution in [0, 0.1) is 5.92 Å². The first kappa shape index (κ1) is 25.6. The summed E-state index contributed by atoms with van der Waals surface area (Å²) in [5.74, 6) is 0.0713. The predicted molar refractivity (Wildman–Crippen MR) is 127 cm³/mol. The first-order valence-corrected chi connectivity index (χ1v) is 12.2. The van der Waals surface area contributed by atoms with E-state index >= 15 is 0 Å². The van der Waals surface area contributed by atoms with Crippen molar-refractivity contribution in [1.82, 2.24) is 25.8 Å². The number of pyridine rings is 1. The Morgan fingerprint density at radius 3 is 3.03 bits per heavy atom. The lowest BCUT2D eigenvalue weighted by Gasteiger charge is -2.27. The molecule has 1 aromatic heterocycles. The lowest BCUT2D eigenvalue weighted by molar-refractivity contribution is -0.155. The summed E-state index contributed by atoms with van der Waals surface area (Å²) in [6.45, 7) is 3.48. The second-order valence-electron chi connectivity index (χ2n) is 8.88. The molecule has 0 saturated heterocycles. The molecule has 186 valence electrons. The van der Waals surface area contributed by atoms with Gasteiger partial charge in [-0.15, -0.1) is 0 Å². The summed E-state index contributed by atoms with van der Waals surface area (Å²) in [6.07, 6.45) is 10.3. The van der Waals surface area contributed by atoms with Crippen LogP contribution in [0.4, 0.5) is 5.82 Å². The normalized spacial score (nSPS) is 18.1. The average molecular weight is 473 g/mol. The predicted octanol–water partition coefficient (Wildman–Crippen LogP) is 1.76. The molecule has 0 spiro atoms. The molecule has 2 atom stereocenters. The minimum atomic E-state index is -0.535. The highest BCUT2D eigenvalue weighted by Gasteiger charge is 2.24. The Labute approximate surface area is 200 Å². The maximum absolute atomic E-state index is 12.6. The third-order valence-corrected chi connectivity index (χ3v) is 6.21. The number of unbranched alkanes of at least 4 members (excludes halogenated alkanes) is 2. The van der Waals surface area contributed by atoms with Gasteiger partial charge in [0.1, 0.15) is 5.82 Å². The maximum Gasteiger partial charge on any atom is 0.239 e. The number of hydrogen-bond donors (Lipinski definition) is 4. The van der Waals surface area contributed by atoms with Crippen LogP contribution in [-0.2, 0) is 27.2 Å². The molecule has 34 heavy (non-hydrogen) atoms. The molecular weight excluding hydrogens is 436 g/mol. The number of anilines is 1. The number of hydroxylamine groups is 2. The summed E-state index contributed by atoms with van der Waals surface area (Å²) in [5.41, 5.74) is 7.74. The molecule has 10 heteroatoms. The van der Waals surface area contributed by atoms with E-state index in [0.717, 1.165) is 50.2 Å². The quantitative estimate of drug-likeness (QED) is 0.149. The van der Waals surface area contributed by atoms with Gasteiger partial charge >= 0.3 is 0 Å². The Hall–Kier alpha value is -2.98. The number of fused-ring (bicyclic) bond motifs is 1. The molecule has 3 rings (SSSR count). The molecule has 10 nitrogen and oxygen atoms in total. The largest absolute Gasteiger partial charge is 0.370 e. The lowest BCUT2D eigenvalue weighted by Crippen LogP contribution is -2.50.